The second-order valence-corrected chi connectivity index (χ2v) is 5.46. The number of anilines is 1. The molecule has 0 fully saturated rings. The predicted octanol–water partition coefficient (Wildman–Crippen LogP) is 3.28. The summed E-state index contributed by atoms with van der Waals surface area (Å²) in [6.45, 7) is 1.57. The van der Waals surface area contributed by atoms with Crippen LogP contribution >= 0.6 is 22.9 Å². The highest BCUT2D eigenvalue weighted by atomic mass is 35.5. The van der Waals surface area contributed by atoms with Crippen molar-refractivity contribution in [3.63, 3.8) is 0 Å². The Bertz CT molecular complexity index is 640. The number of rotatable bonds is 4. The van der Waals surface area contributed by atoms with Gasteiger partial charge in [-0.25, -0.2) is 4.98 Å². The Balaban J connectivity index is 2.16. The van der Waals surface area contributed by atoms with E-state index in [1.54, 1.807) is 24.4 Å². The number of hydrogen-bond acceptors (Lipinski definition) is 5. The second-order valence-electron chi connectivity index (χ2n) is 3.95. The van der Waals surface area contributed by atoms with Gasteiger partial charge in [-0.3, -0.25) is 14.9 Å². The number of alkyl halides is 1. The van der Waals surface area contributed by atoms with Gasteiger partial charge >= 0.3 is 0 Å². The molecule has 104 valence electrons. The number of hydrogen-bond donors (Lipinski definition) is 1. The van der Waals surface area contributed by atoms with Gasteiger partial charge in [-0.1, -0.05) is 0 Å². The Kier molecular flexibility index (Phi) is 4.31. The summed E-state index contributed by atoms with van der Waals surface area (Å²) < 4.78 is 0. The van der Waals surface area contributed by atoms with Crippen molar-refractivity contribution in [2.45, 2.75) is 12.3 Å². The molecule has 2 aromatic rings. The minimum absolute atomic E-state index is 0.0217. The maximum atomic E-state index is 11.4. The van der Waals surface area contributed by atoms with Crippen LogP contribution in [0.2, 0.25) is 0 Å². The highest BCUT2D eigenvalue weighted by Gasteiger charge is 2.12. The lowest BCUT2D eigenvalue weighted by Gasteiger charge is -2.01. The zero-order valence-corrected chi connectivity index (χ0v) is 11.9. The number of amides is 1. The van der Waals surface area contributed by atoms with Crippen LogP contribution in [-0.2, 0) is 4.79 Å². The zero-order chi connectivity index (χ0) is 14.7. The molecule has 1 aromatic carbocycles. The zero-order valence-electron chi connectivity index (χ0n) is 10.4. The van der Waals surface area contributed by atoms with Crippen LogP contribution in [0.3, 0.4) is 0 Å². The molecule has 0 bridgehead atoms. The van der Waals surface area contributed by atoms with Gasteiger partial charge in [0.25, 0.3) is 5.69 Å². The summed E-state index contributed by atoms with van der Waals surface area (Å²) in [5.41, 5.74) is 1.40. The predicted molar refractivity (Wildman–Crippen MR) is 78.1 cm³/mol. The summed E-state index contributed by atoms with van der Waals surface area (Å²) >= 11 is 6.92. The van der Waals surface area contributed by atoms with Crippen LogP contribution in [0.1, 0.15) is 6.92 Å². The van der Waals surface area contributed by atoms with Gasteiger partial charge < -0.3 is 5.32 Å². The maximum Gasteiger partial charge on any atom is 0.269 e. The van der Waals surface area contributed by atoms with E-state index in [9.17, 15) is 14.9 Å². The number of nitrogens with zero attached hydrogens (tertiary/aromatic N) is 2. The molecule has 2 rings (SSSR count). The molecule has 1 unspecified atom stereocenters. The molecule has 1 aromatic heterocycles. The van der Waals surface area contributed by atoms with Crippen molar-refractivity contribution < 1.29 is 9.72 Å². The van der Waals surface area contributed by atoms with Crippen molar-refractivity contribution >= 4 is 39.7 Å². The van der Waals surface area contributed by atoms with Crippen molar-refractivity contribution in [3.05, 3.63) is 39.8 Å². The standard InChI is InChI=1S/C12H10ClN3O3S/c1-7(13)11(17)15-12-14-10(6-20-12)8-2-4-9(5-3-8)16(18)19/h2-7H,1H3,(H,14,15,17). The second kappa shape index (κ2) is 5.98. The summed E-state index contributed by atoms with van der Waals surface area (Å²) in [5.74, 6) is -0.323. The van der Waals surface area contributed by atoms with Gasteiger partial charge in [-0.2, -0.15) is 0 Å². The summed E-state index contributed by atoms with van der Waals surface area (Å²) in [7, 11) is 0. The van der Waals surface area contributed by atoms with Crippen LogP contribution in [-0.4, -0.2) is 21.2 Å². The lowest BCUT2D eigenvalue weighted by atomic mass is 10.1. The summed E-state index contributed by atoms with van der Waals surface area (Å²) in [5, 5.41) is 14.7. The molecular formula is C12H10ClN3O3S. The van der Waals surface area contributed by atoms with Crippen LogP contribution < -0.4 is 5.32 Å². The van der Waals surface area contributed by atoms with Gasteiger partial charge in [0.15, 0.2) is 5.13 Å². The molecule has 0 aliphatic rings. The van der Waals surface area contributed by atoms with E-state index in [0.717, 1.165) is 5.56 Å². The number of carbonyl (C=O) groups excluding carboxylic acids is 1. The summed E-state index contributed by atoms with van der Waals surface area (Å²) in [6, 6.07) is 6.05. The molecule has 0 radical (unpaired) electrons. The van der Waals surface area contributed by atoms with E-state index < -0.39 is 10.3 Å². The summed E-state index contributed by atoms with van der Waals surface area (Å²) in [6.07, 6.45) is 0. The third kappa shape index (κ3) is 3.31. The Hall–Kier alpha value is -1.99. The van der Waals surface area contributed by atoms with Crippen LogP contribution in [0.15, 0.2) is 29.6 Å². The van der Waals surface area contributed by atoms with E-state index in [4.69, 9.17) is 11.6 Å². The van der Waals surface area contributed by atoms with Gasteiger partial charge in [0, 0.05) is 23.1 Å². The Morgan fingerprint density at radius 2 is 2.10 bits per heavy atom. The van der Waals surface area contributed by atoms with E-state index >= 15 is 0 Å². The van der Waals surface area contributed by atoms with Crippen molar-refractivity contribution in [1.82, 2.24) is 4.98 Å². The molecule has 0 saturated carbocycles. The molecule has 20 heavy (non-hydrogen) atoms. The van der Waals surface area contributed by atoms with E-state index in [1.807, 2.05) is 0 Å². The fourth-order valence-electron chi connectivity index (χ4n) is 1.42. The van der Waals surface area contributed by atoms with Crippen LogP contribution in [0.5, 0.6) is 0 Å². The molecule has 1 N–H and O–H groups in total. The van der Waals surface area contributed by atoms with Crippen molar-refractivity contribution in [2.75, 3.05) is 5.32 Å². The van der Waals surface area contributed by atoms with Crippen molar-refractivity contribution in [3.8, 4) is 11.3 Å². The monoisotopic (exact) mass is 311 g/mol. The first-order valence-corrected chi connectivity index (χ1v) is 6.94. The largest absolute Gasteiger partial charge is 0.301 e. The van der Waals surface area contributed by atoms with Crippen LogP contribution in [0.25, 0.3) is 11.3 Å². The number of benzene rings is 1. The number of nitro groups is 1. The number of aromatic nitrogens is 1. The normalized spacial score (nSPS) is 11.9. The molecule has 1 heterocycles. The first-order chi connectivity index (χ1) is 9.47. The number of halogens is 1. The number of non-ortho nitro benzene ring substituents is 1. The van der Waals surface area contributed by atoms with Gasteiger partial charge in [0.1, 0.15) is 5.38 Å². The topological polar surface area (TPSA) is 85.1 Å². The third-order valence-corrected chi connectivity index (χ3v) is 3.43. The summed E-state index contributed by atoms with van der Waals surface area (Å²) in [4.78, 5) is 25.8. The third-order valence-electron chi connectivity index (χ3n) is 2.47. The molecule has 1 amide bonds. The molecular weight excluding hydrogens is 302 g/mol. The smallest absolute Gasteiger partial charge is 0.269 e. The number of nitro benzene ring substituents is 1. The molecule has 0 aliphatic heterocycles. The minimum Gasteiger partial charge on any atom is -0.301 e. The molecule has 0 spiro atoms. The lowest BCUT2D eigenvalue weighted by molar-refractivity contribution is -0.384. The molecule has 0 saturated heterocycles. The maximum absolute atomic E-state index is 11.4. The number of carbonyl (C=O) groups is 1. The minimum atomic E-state index is -0.637. The molecule has 1 atom stereocenters. The van der Waals surface area contributed by atoms with Gasteiger partial charge in [-0.05, 0) is 19.1 Å². The number of nitrogens with one attached hydrogen (secondary N) is 1. The average molecular weight is 312 g/mol. The van der Waals surface area contributed by atoms with Gasteiger partial charge in [0.05, 0.1) is 10.6 Å². The Morgan fingerprint density at radius 1 is 1.45 bits per heavy atom. The first kappa shape index (κ1) is 14.4. The van der Waals surface area contributed by atoms with Crippen molar-refractivity contribution in [1.29, 1.82) is 0 Å². The highest BCUT2D eigenvalue weighted by Crippen LogP contribution is 2.26. The van der Waals surface area contributed by atoms with E-state index in [1.165, 1.54) is 23.5 Å². The molecule has 8 heteroatoms. The van der Waals surface area contributed by atoms with Crippen LogP contribution in [0, 0.1) is 10.1 Å². The number of thiazole rings is 1. The SMILES string of the molecule is CC(Cl)C(=O)Nc1nc(-c2ccc([N+](=O)[O-])cc2)cs1. The quantitative estimate of drug-likeness (QED) is 0.533. The van der Waals surface area contributed by atoms with E-state index in [2.05, 4.69) is 10.3 Å². The van der Waals surface area contributed by atoms with Crippen LogP contribution in [0.4, 0.5) is 10.8 Å². The first-order valence-electron chi connectivity index (χ1n) is 5.62. The molecule has 6 nitrogen and oxygen atoms in total. The highest BCUT2D eigenvalue weighted by molar-refractivity contribution is 7.14. The van der Waals surface area contributed by atoms with Gasteiger partial charge in [-0.15, -0.1) is 22.9 Å². The Labute approximate surface area is 123 Å². The Morgan fingerprint density at radius 3 is 2.65 bits per heavy atom. The van der Waals surface area contributed by atoms with Gasteiger partial charge in [0.2, 0.25) is 5.91 Å². The molecule has 0 aliphatic carbocycles. The lowest BCUT2D eigenvalue weighted by Crippen LogP contribution is -2.20. The van der Waals surface area contributed by atoms with Crippen molar-refractivity contribution in [2.24, 2.45) is 0 Å². The fraction of sp³-hybridized carbons (Fsp3) is 0.167. The van der Waals surface area contributed by atoms with E-state index in [-0.39, 0.29) is 11.6 Å². The fourth-order valence-corrected chi connectivity index (χ4v) is 2.20. The van der Waals surface area contributed by atoms with E-state index in [0.29, 0.717) is 10.8 Å². The average Bonchev–Trinajstić information content (AvgIpc) is 2.87.